The van der Waals surface area contributed by atoms with Gasteiger partial charge >= 0.3 is 0 Å². The van der Waals surface area contributed by atoms with Gasteiger partial charge in [-0.15, -0.1) is 0 Å². The van der Waals surface area contributed by atoms with Gasteiger partial charge in [0.2, 0.25) is 0 Å². The normalized spacial score (nSPS) is 13.7. The molecule has 1 nitrogen and oxygen atoms in total. The first-order chi connectivity index (χ1) is 7.92. The van der Waals surface area contributed by atoms with Crippen molar-refractivity contribution in [2.75, 3.05) is 13.6 Å². The number of hydrogen-bond donors (Lipinski definition) is 1. The predicted octanol–water partition coefficient (Wildman–Crippen LogP) is 3.71. The standard InChI is InChI=1S/C15H27NSi/c1-13-8-6-7-9-15(13)10-14(11-16-2)12-17(3,4)5/h6-9,14,16H,10-12H2,1-5H3. The molecule has 1 aromatic carbocycles. The van der Waals surface area contributed by atoms with Crippen LogP contribution in [0, 0.1) is 12.8 Å². The van der Waals surface area contributed by atoms with E-state index in [1.54, 1.807) is 0 Å². The number of nitrogens with one attached hydrogen (secondary N) is 1. The zero-order chi connectivity index (χ0) is 12.9. The van der Waals surface area contributed by atoms with E-state index in [-0.39, 0.29) is 0 Å². The highest BCUT2D eigenvalue weighted by Crippen LogP contribution is 2.21. The van der Waals surface area contributed by atoms with Crippen LogP contribution in [0.25, 0.3) is 0 Å². The lowest BCUT2D eigenvalue weighted by Gasteiger charge is -2.25. The molecule has 17 heavy (non-hydrogen) atoms. The third kappa shape index (κ3) is 5.51. The molecule has 1 rings (SSSR count). The molecule has 0 spiro atoms. The molecule has 0 aliphatic carbocycles. The minimum Gasteiger partial charge on any atom is -0.319 e. The average Bonchev–Trinajstić information content (AvgIpc) is 2.19. The van der Waals surface area contributed by atoms with Crippen LogP contribution in [0.15, 0.2) is 24.3 Å². The van der Waals surface area contributed by atoms with Gasteiger partial charge < -0.3 is 5.32 Å². The Balaban J connectivity index is 2.70. The zero-order valence-corrected chi connectivity index (χ0v) is 13.0. The van der Waals surface area contributed by atoms with Gasteiger partial charge in [-0.05, 0) is 44.0 Å². The van der Waals surface area contributed by atoms with Gasteiger partial charge in [0, 0.05) is 8.07 Å². The van der Waals surface area contributed by atoms with Crippen LogP contribution < -0.4 is 5.32 Å². The molecule has 2 heteroatoms. The maximum atomic E-state index is 3.35. The Morgan fingerprint density at radius 1 is 1.18 bits per heavy atom. The van der Waals surface area contributed by atoms with E-state index in [1.165, 1.54) is 23.6 Å². The summed E-state index contributed by atoms with van der Waals surface area (Å²) in [6, 6.07) is 10.2. The summed E-state index contributed by atoms with van der Waals surface area (Å²) in [7, 11) is 1.10. The van der Waals surface area contributed by atoms with Crippen LogP contribution in [0.4, 0.5) is 0 Å². The molecule has 1 N–H and O–H groups in total. The summed E-state index contributed by atoms with van der Waals surface area (Å²) in [6.45, 7) is 10.8. The van der Waals surface area contributed by atoms with Gasteiger partial charge in [-0.3, -0.25) is 0 Å². The second-order valence-electron chi connectivity index (χ2n) is 6.32. The second-order valence-corrected chi connectivity index (χ2v) is 11.8. The highest BCUT2D eigenvalue weighted by Gasteiger charge is 2.20. The monoisotopic (exact) mass is 249 g/mol. The molecule has 1 atom stereocenters. The van der Waals surface area contributed by atoms with Crippen molar-refractivity contribution in [1.82, 2.24) is 5.32 Å². The number of benzene rings is 1. The molecule has 1 aromatic rings. The van der Waals surface area contributed by atoms with Crippen LogP contribution >= 0.6 is 0 Å². The molecular weight excluding hydrogens is 222 g/mol. The van der Waals surface area contributed by atoms with Crippen molar-refractivity contribution in [2.24, 2.45) is 5.92 Å². The molecule has 0 saturated carbocycles. The first-order valence-corrected chi connectivity index (χ1v) is 10.3. The number of aryl methyl sites for hydroxylation is 1. The largest absolute Gasteiger partial charge is 0.319 e. The van der Waals surface area contributed by atoms with Gasteiger partial charge in [-0.1, -0.05) is 50.0 Å². The summed E-state index contributed by atoms with van der Waals surface area (Å²) in [5, 5.41) is 3.35. The fourth-order valence-corrected chi connectivity index (χ4v) is 4.54. The quantitative estimate of drug-likeness (QED) is 0.758. The Kier molecular flexibility index (Phi) is 5.41. The summed E-state index contributed by atoms with van der Waals surface area (Å²) >= 11 is 0. The summed E-state index contributed by atoms with van der Waals surface area (Å²) in [5.41, 5.74) is 2.95. The Labute approximate surface area is 108 Å². The van der Waals surface area contributed by atoms with Crippen molar-refractivity contribution >= 4 is 8.07 Å². The maximum absolute atomic E-state index is 3.35. The summed E-state index contributed by atoms with van der Waals surface area (Å²) in [5.74, 6) is 0.785. The van der Waals surface area contributed by atoms with Gasteiger partial charge in [0.05, 0.1) is 0 Å². The third-order valence-corrected chi connectivity index (χ3v) is 4.97. The summed E-state index contributed by atoms with van der Waals surface area (Å²) in [6.07, 6.45) is 1.22. The second kappa shape index (κ2) is 6.36. The molecular formula is C15H27NSi. The molecule has 0 aliphatic rings. The molecule has 0 fully saturated rings. The smallest absolute Gasteiger partial charge is 0.0446 e. The highest BCUT2D eigenvalue weighted by atomic mass is 28.3. The Morgan fingerprint density at radius 3 is 2.35 bits per heavy atom. The minimum absolute atomic E-state index is 0.785. The van der Waals surface area contributed by atoms with E-state index >= 15 is 0 Å². The van der Waals surface area contributed by atoms with Crippen molar-refractivity contribution < 1.29 is 0 Å². The molecule has 0 aliphatic heterocycles. The van der Waals surface area contributed by atoms with E-state index in [2.05, 4.69) is 63.2 Å². The van der Waals surface area contributed by atoms with Crippen LogP contribution in [-0.4, -0.2) is 21.7 Å². The van der Waals surface area contributed by atoms with Crippen molar-refractivity contribution in [2.45, 2.75) is 39.0 Å². The third-order valence-electron chi connectivity index (χ3n) is 3.16. The molecule has 0 saturated heterocycles. The molecule has 0 bridgehead atoms. The molecule has 0 amide bonds. The van der Waals surface area contributed by atoms with Crippen LogP contribution in [0.2, 0.25) is 25.7 Å². The van der Waals surface area contributed by atoms with Gasteiger partial charge in [0.25, 0.3) is 0 Å². The first kappa shape index (κ1) is 14.5. The van der Waals surface area contributed by atoms with Gasteiger partial charge in [-0.25, -0.2) is 0 Å². The fourth-order valence-electron chi connectivity index (χ4n) is 2.52. The van der Waals surface area contributed by atoms with Gasteiger partial charge in [0.1, 0.15) is 0 Å². The fraction of sp³-hybridized carbons (Fsp3) is 0.600. The number of rotatable bonds is 6. The summed E-state index contributed by atoms with van der Waals surface area (Å²) in [4.78, 5) is 0. The molecule has 0 aromatic heterocycles. The Morgan fingerprint density at radius 2 is 1.82 bits per heavy atom. The van der Waals surface area contributed by atoms with Crippen LogP contribution in [0.3, 0.4) is 0 Å². The first-order valence-electron chi connectivity index (χ1n) is 6.61. The van der Waals surface area contributed by atoms with Crippen molar-refractivity contribution in [3.05, 3.63) is 35.4 Å². The van der Waals surface area contributed by atoms with Crippen molar-refractivity contribution in [3.8, 4) is 0 Å². The van der Waals surface area contributed by atoms with Crippen LogP contribution in [0.1, 0.15) is 11.1 Å². The Hall–Kier alpha value is -0.603. The van der Waals surface area contributed by atoms with E-state index in [4.69, 9.17) is 0 Å². The average molecular weight is 249 g/mol. The highest BCUT2D eigenvalue weighted by molar-refractivity contribution is 6.76. The van der Waals surface area contributed by atoms with Crippen molar-refractivity contribution in [1.29, 1.82) is 0 Å². The predicted molar refractivity (Wildman–Crippen MR) is 80.5 cm³/mol. The molecule has 0 heterocycles. The zero-order valence-electron chi connectivity index (χ0n) is 12.0. The van der Waals surface area contributed by atoms with E-state index in [0.29, 0.717) is 0 Å². The van der Waals surface area contributed by atoms with Gasteiger partial charge in [0.15, 0.2) is 0 Å². The Bertz CT molecular complexity index is 341. The molecule has 0 radical (unpaired) electrons. The van der Waals surface area contributed by atoms with Crippen LogP contribution in [0.5, 0.6) is 0 Å². The SMILES string of the molecule is CNCC(Cc1ccccc1C)C[Si](C)(C)C. The minimum atomic E-state index is -0.969. The number of hydrogen-bond acceptors (Lipinski definition) is 1. The van der Waals surface area contributed by atoms with Crippen molar-refractivity contribution in [3.63, 3.8) is 0 Å². The lowest BCUT2D eigenvalue weighted by Crippen LogP contribution is -2.30. The summed E-state index contributed by atoms with van der Waals surface area (Å²) < 4.78 is 0. The van der Waals surface area contributed by atoms with Gasteiger partial charge in [-0.2, -0.15) is 0 Å². The van der Waals surface area contributed by atoms with Crippen LogP contribution in [-0.2, 0) is 6.42 Å². The topological polar surface area (TPSA) is 12.0 Å². The lowest BCUT2D eigenvalue weighted by atomic mass is 9.97. The van der Waals surface area contributed by atoms with E-state index in [0.717, 1.165) is 12.5 Å². The molecule has 96 valence electrons. The maximum Gasteiger partial charge on any atom is 0.0446 e. The van der Waals surface area contributed by atoms with E-state index in [1.807, 2.05) is 0 Å². The van der Waals surface area contributed by atoms with E-state index in [9.17, 15) is 0 Å². The lowest BCUT2D eigenvalue weighted by molar-refractivity contribution is 0.534. The van der Waals surface area contributed by atoms with E-state index < -0.39 is 8.07 Å². The molecule has 1 unspecified atom stereocenters.